The second-order valence-electron chi connectivity index (χ2n) is 10.9. The molecule has 3 aromatic carbocycles. The smallest absolute Gasteiger partial charge is 0.255 e. The number of rotatable bonds is 7. The molecule has 2 aliphatic heterocycles. The largest absolute Gasteiger partial charge is 0.493 e. The zero-order valence-electron chi connectivity index (χ0n) is 25.3. The second kappa shape index (κ2) is 10.3. The SMILES string of the molecule is COc1cc2c(cc1OC)C1=CC3=C(C(n4c5ccccc5c5ccccc54)N1CC2)C(OC)(OC)C(OC)(OC)C=C3. The fourth-order valence-electron chi connectivity index (χ4n) is 7.38. The van der Waals surface area contributed by atoms with Crippen molar-refractivity contribution in [1.82, 2.24) is 9.47 Å². The first kappa shape index (κ1) is 27.7. The summed E-state index contributed by atoms with van der Waals surface area (Å²) in [5.41, 5.74) is 7.47. The highest BCUT2D eigenvalue weighted by Crippen LogP contribution is 2.55. The number of aromatic nitrogens is 1. The Morgan fingerprint density at radius 2 is 1.35 bits per heavy atom. The van der Waals surface area contributed by atoms with Crippen LogP contribution in [0.3, 0.4) is 0 Å². The summed E-state index contributed by atoms with van der Waals surface area (Å²) in [7, 11) is 9.86. The van der Waals surface area contributed by atoms with Gasteiger partial charge in [-0.15, -0.1) is 0 Å². The topological polar surface area (TPSA) is 63.6 Å². The van der Waals surface area contributed by atoms with Crippen LogP contribution in [-0.2, 0) is 25.4 Å². The average molecular weight is 581 g/mol. The summed E-state index contributed by atoms with van der Waals surface area (Å²) < 4.78 is 38.8. The standard InChI is InChI=1S/C35H36N2O6/c1-38-30-20-22-16-18-36-29(26(22)21-31(30)39-2)19-23-15-17-34(40-3,41-4)35(42-5,43-6)32(23)33(36)37-27-13-9-7-11-24(27)25-12-8-10-14-28(25)37/h7-15,17,19-21,33H,16,18H2,1-6H3. The molecule has 0 radical (unpaired) electrons. The number of hydrogen-bond donors (Lipinski definition) is 0. The number of fused-ring (bicyclic) bond motifs is 6. The van der Waals surface area contributed by atoms with Crippen molar-refractivity contribution in [2.24, 2.45) is 0 Å². The van der Waals surface area contributed by atoms with E-state index >= 15 is 0 Å². The van der Waals surface area contributed by atoms with Gasteiger partial charge in [0, 0.05) is 62.6 Å². The molecule has 7 rings (SSSR count). The van der Waals surface area contributed by atoms with Crippen molar-refractivity contribution in [2.75, 3.05) is 49.2 Å². The number of methoxy groups -OCH3 is 6. The summed E-state index contributed by atoms with van der Waals surface area (Å²) in [6.07, 6.45) is 6.61. The highest BCUT2D eigenvalue weighted by molar-refractivity contribution is 6.08. The van der Waals surface area contributed by atoms with E-state index in [4.69, 9.17) is 28.4 Å². The monoisotopic (exact) mass is 580 g/mol. The van der Waals surface area contributed by atoms with Crippen LogP contribution in [0, 0.1) is 0 Å². The van der Waals surface area contributed by atoms with Crippen LogP contribution in [0.5, 0.6) is 11.5 Å². The van der Waals surface area contributed by atoms with Gasteiger partial charge in [-0.2, -0.15) is 0 Å². The summed E-state index contributed by atoms with van der Waals surface area (Å²) in [5.74, 6) is -1.32. The lowest BCUT2D eigenvalue weighted by Crippen LogP contribution is -2.63. The highest BCUT2D eigenvalue weighted by Gasteiger charge is 2.62. The van der Waals surface area contributed by atoms with Crippen LogP contribution >= 0.6 is 0 Å². The summed E-state index contributed by atoms with van der Waals surface area (Å²) in [6.45, 7) is 0.747. The molecule has 0 bridgehead atoms. The molecule has 0 saturated carbocycles. The van der Waals surface area contributed by atoms with Gasteiger partial charge in [-0.3, -0.25) is 0 Å². The molecule has 0 fully saturated rings. The van der Waals surface area contributed by atoms with E-state index in [1.807, 2.05) is 6.08 Å². The maximum Gasteiger partial charge on any atom is 0.255 e. The third-order valence-corrected chi connectivity index (χ3v) is 9.31. The zero-order valence-corrected chi connectivity index (χ0v) is 25.3. The normalized spacial score (nSPS) is 20.1. The minimum Gasteiger partial charge on any atom is -0.493 e. The van der Waals surface area contributed by atoms with Crippen LogP contribution < -0.4 is 9.47 Å². The van der Waals surface area contributed by atoms with Crippen LogP contribution in [0.25, 0.3) is 27.5 Å². The Labute approximate surface area is 251 Å². The molecule has 1 aromatic heterocycles. The second-order valence-corrected chi connectivity index (χ2v) is 10.9. The number of benzene rings is 3. The fourth-order valence-corrected chi connectivity index (χ4v) is 7.38. The predicted molar refractivity (Wildman–Crippen MR) is 166 cm³/mol. The van der Waals surface area contributed by atoms with Gasteiger partial charge in [-0.25, -0.2) is 0 Å². The van der Waals surface area contributed by atoms with Gasteiger partial charge in [0.05, 0.1) is 25.3 Å². The molecular weight excluding hydrogens is 544 g/mol. The molecule has 3 aliphatic rings. The maximum atomic E-state index is 6.38. The number of allylic oxidation sites excluding steroid dienone is 3. The van der Waals surface area contributed by atoms with E-state index in [1.54, 1.807) is 42.7 Å². The molecule has 0 N–H and O–H groups in total. The van der Waals surface area contributed by atoms with Crippen LogP contribution in [0.2, 0.25) is 0 Å². The number of ether oxygens (including phenoxy) is 6. The summed E-state index contributed by atoms with van der Waals surface area (Å²) in [4.78, 5) is 2.44. The molecule has 0 saturated heterocycles. The molecule has 8 heteroatoms. The van der Waals surface area contributed by atoms with Crippen LogP contribution in [0.15, 0.2) is 90.0 Å². The van der Waals surface area contributed by atoms with E-state index in [0.717, 1.165) is 52.2 Å². The van der Waals surface area contributed by atoms with Gasteiger partial charge in [0.25, 0.3) is 5.79 Å². The molecule has 43 heavy (non-hydrogen) atoms. The van der Waals surface area contributed by atoms with Crippen molar-refractivity contribution >= 4 is 27.5 Å². The van der Waals surface area contributed by atoms with Crippen molar-refractivity contribution in [3.63, 3.8) is 0 Å². The number of hydrogen-bond acceptors (Lipinski definition) is 7. The third kappa shape index (κ3) is 3.64. The lowest BCUT2D eigenvalue weighted by Gasteiger charge is -2.54. The Hall–Kier alpha value is -4.08. The van der Waals surface area contributed by atoms with Gasteiger partial charge in [0.2, 0.25) is 5.79 Å². The fraction of sp³-hybridized carbons (Fsp3) is 0.314. The Kier molecular flexibility index (Phi) is 6.63. The van der Waals surface area contributed by atoms with Gasteiger partial charge in [-0.1, -0.05) is 42.5 Å². The molecule has 1 aliphatic carbocycles. The van der Waals surface area contributed by atoms with Crippen molar-refractivity contribution in [2.45, 2.75) is 24.2 Å². The quantitative estimate of drug-likeness (QED) is 0.246. The van der Waals surface area contributed by atoms with Crippen molar-refractivity contribution < 1.29 is 28.4 Å². The van der Waals surface area contributed by atoms with E-state index in [-0.39, 0.29) is 6.17 Å². The molecule has 8 nitrogen and oxygen atoms in total. The van der Waals surface area contributed by atoms with Crippen LogP contribution in [0.4, 0.5) is 0 Å². The Morgan fingerprint density at radius 3 is 1.93 bits per heavy atom. The van der Waals surface area contributed by atoms with Gasteiger partial charge in [0.15, 0.2) is 11.5 Å². The number of nitrogens with zero attached hydrogens (tertiary/aromatic N) is 2. The van der Waals surface area contributed by atoms with Gasteiger partial charge in [-0.05, 0) is 54.0 Å². The lowest BCUT2D eigenvalue weighted by atomic mass is 9.79. The predicted octanol–water partition coefficient (Wildman–Crippen LogP) is 6.07. The first-order valence-corrected chi connectivity index (χ1v) is 14.4. The minimum absolute atomic E-state index is 0.351. The lowest BCUT2D eigenvalue weighted by molar-refractivity contribution is -0.353. The summed E-state index contributed by atoms with van der Waals surface area (Å²) >= 11 is 0. The Bertz CT molecular complexity index is 1770. The average Bonchev–Trinajstić information content (AvgIpc) is 3.40. The summed E-state index contributed by atoms with van der Waals surface area (Å²) in [5, 5.41) is 2.35. The minimum atomic E-state index is -1.41. The van der Waals surface area contributed by atoms with E-state index < -0.39 is 11.6 Å². The maximum absolute atomic E-state index is 6.38. The molecule has 1 unspecified atom stereocenters. The van der Waals surface area contributed by atoms with E-state index in [1.165, 1.54) is 16.3 Å². The van der Waals surface area contributed by atoms with E-state index in [0.29, 0.717) is 5.75 Å². The van der Waals surface area contributed by atoms with Gasteiger partial charge in [0.1, 0.15) is 6.17 Å². The Morgan fingerprint density at radius 1 is 0.744 bits per heavy atom. The van der Waals surface area contributed by atoms with Crippen molar-refractivity contribution in [3.8, 4) is 11.5 Å². The van der Waals surface area contributed by atoms with Gasteiger partial charge >= 0.3 is 0 Å². The molecule has 1 atom stereocenters. The zero-order chi connectivity index (χ0) is 29.9. The van der Waals surface area contributed by atoms with Gasteiger partial charge < -0.3 is 37.9 Å². The molecule has 3 heterocycles. The summed E-state index contributed by atoms with van der Waals surface area (Å²) in [6, 6.07) is 21.3. The third-order valence-electron chi connectivity index (χ3n) is 9.31. The number of para-hydroxylation sites is 2. The van der Waals surface area contributed by atoms with Crippen molar-refractivity contribution in [3.05, 3.63) is 101 Å². The molecule has 0 amide bonds. The highest BCUT2D eigenvalue weighted by atomic mass is 16.8. The molecule has 4 aromatic rings. The molecule has 0 spiro atoms. The van der Waals surface area contributed by atoms with E-state index in [9.17, 15) is 0 Å². The first-order chi connectivity index (χ1) is 21.0. The molecule has 222 valence electrons. The Balaban J connectivity index is 1.59. The molecular formula is C35H36N2O6. The van der Waals surface area contributed by atoms with Crippen LogP contribution in [-0.4, -0.2) is 70.2 Å². The first-order valence-electron chi connectivity index (χ1n) is 14.4. The van der Waals surface area contributed by atoms with E-state index in [2.05, 4.69) is 82.3 Å². The van der Waals surface area contributed by atoms with Crippen LogP contribution in [0.1, 0.15) is 17.3 Å². The van der Waals surface area contributed by atoms with Crippen molar-refractivity contribution in [1.29, 1.82) is 0 Å².